The lowest BCUT2D eigenvalue weighted by molar-refractivity contribution is -0.133. The molecule has 30 heavy (non-hydrogen) atoms. The maximum absolute atomic E-state index is 12.6. The summed E-state index contributed by atoms with van der Waals surface area (Å²) in [6.45, 7) is 3.48. The summed E-state index contributed by atoms with van der Waals surface area (Å²) in [4.78, 5) is 35.2. The van der Waals surface area contributed by atoms with Gasteiger partial charge in [-0.05, 0) is 62.3 Å². The molecule has 160 valence electrons. The summed E-state index contributed by atoms with van der Waals surface area (Å²) in [5, 5.41) is 2.99. The summed E-state index contributed by atoms with van der Waals surface area (Å²) in [5.74, 6) is 1.30. The van der Waals surface area contributed by atoms with Gasteiger partial charge in [-0.25, -0.2) is 0 Å². The van der Waals surface area contributed by atoms with Gasteiger partial charge in [0.1, 0.15) is 5.75 Å². The molecular formula is C23H30N4O3. The summed E-state index contributed by atoms with van der Waals surface area (Å²) < 4.78 is 5.20. The number of nitrogens with zero attached hydrogens (tertiary/aromatic N) is 3. The van der Waals surface area contributed by atoms with E-state index >= 15 is 0 Å². The number of anilines is 1. The van der Waals surface area contributed by atoms with Crippen LogP contribution in [-0.2, 0) is 16.0 Å². The minimum Gasteiger partial charge on any atom is -0.497 e. The van der Waals surface area contributed by atoms with Crippen molar-refractivity contribution in [3.05, 3.63) is 48.0 Å². The van der Waals surface area contributed by atoms with E-state index in [-0.39, 0.29) is 11.8 Å². The fraction of sp³-hybridized carbons (Fsp3) is 0.478. The van der Waals surface area contributed by atoms with E-state index in [4.69, 9.17) is 4.74 Å². The number of carbonyl (C=O) groups excluding carboxylic acids is 2. The molecule has 0 radical (unpaired) electrons. The fourth-order valence-electron chi connectivity index (χ4n) is 3.83. The second-order valence-electron chi connectivity index (χ2n) is 7.81. The molecule has 0 saturated carbocycles. The molecule has 7 heteroatoms. The summed E-state index contributed by atoms with van der Waals surface area (Å²) in [6, 6.07) is 5.61. The molecule has 0 aliphatic carbocycles. The first-order valence-corrected chi connectivity index (χ1v) is 10.5. The van der Waals surface area contributed by atoms with Crippen LogP contribution in [0, 0.1) is 12.8 Å². The lowest BCUT2D eigenvalue weighted by Gasteiger charge is -2.33. The van der Waals surface area contributed by atoms with Crippen LogP contribution in [0.3, 0.4) is 0 Å². The van der Waals surface area contributed by atoms with E-state index in [9.17, 15) is 9.59 Å². The van der Waals surface area contributed by atoms with E-state index in [2.05, 4.69) is 15.3 Å². The average Bonchev–Trinajstić information content (AvgIpc) is 2.78. The van der Waals surface area contributed by atoms with Crippen LogP contribution in [-0.4, -0.2) is 46.9 Å². The highest BCUT2D eigenvalue weighted by molar-refractivity contribution is 5.91. The Balaban J connectivity index is 1.43. The summed E-state index contributed by atoms with van der Waals surface area (Å²) in [5.41, 5.74) is 2.62. The van der Waals surface area contributed by atoms with Crippen LogP contribution >= 0.6 is 0 Å². The van der Waals surface area contributed by atoms with Crippen LogP contribution in [0.5, 0.6) is 5.75 Å². The van der Waals surface area contributed by atoms with Crippen molar-refractivity contribution in [2.24, 2.45) is 5.92 Å². The van der Waals surface area contributed by atoms with Gasteiger partial charge in [0.15, 0.2) is 0 Å². The molecule has 1 aliphatic rings. The second-order valence-corrected chi connectivity index (χ2v) is 7.81. The number of likely N-dealkylation sites (tertiary alicyclic amines) is 1. The number of rotatable bonds is 8. The normalized spacial score (nSPS) is 16.2. The van der Waals surface area contributed by atoms with Crippen LogP contribution < -0.4 is 10.1 Å². The highest BCUT2D eigenvalue weighted by atomic mass is 16.5. The predicted molar refractivity (Wildman–Crippen MR) is 115 cm³/mol. The van der Waals surface area contributed by atoms with Crippen molar-refractivity contribution in [2.75, 3.05) is 25.5 Å². The first kappa shape index (κ1) is 21.7. The van der Waals surface area contributed by atoms with E-state index in [1.165, 1.54) is 0 Å². The van der Waals surface area contributed by atoms with Crippen molar-refractivity contribution in [1.82, 2.24) is 14.9 Å². The molecule has 2 aromatic rings. The van der Waals surface area contributed by atoms with Crippen molar-refractivity contribution >= 4 is 17.5 Å². The molecule has 2 amide bonds. The van der Waals surface area contributed by atoms with Gasteiger partial charge in [-0.15, -0.1) is 0 Å². The Bertz CT molecular complexity index is 857. The van der Waals surface area contributed by atoms with Gasteiger partial charge in [-0.1, -0.05) is 0 Å². The molecule has 1 aliphatic heterocycles. The molecule has 1 aromatic heterocycles. The third kappa shape index (κ3) is 6.27. The standard InChI is InChI=1S/C23H30N4O3/c1-17-14-20(30-2)7-8-21(17)26-22(28)9-5-18-4-3-13-27(16-18)23(29)10-6-19-15-24-11-12-25-19/h7-8,11-12,14-15,18H,3-6,9-10,13,16H2,1-2H3,(H,26,28). The SMILES string of the molecule is COc1ccc(NC(=O)CCC2CCCN(C(=O)CCc3cnccn3)C2)c(C)c1. The van der Waals surface area contributed by atoms with E-state index in [0.717, 1.165) is 55.0 Å². The second kappa shape index (κ2) is 10.7. The van der Waals surface area contributed by atoms with Crippen molar-refractivity contribution in [3.8, 4) is 5.75 Å². The Hall–Kier alpha value is -2.96. The van der Waals surface area contributed by atoms with E-state index in [1.807, 2.05) is 30.0 Å². The zero-order valence-electron chi connectivity index (χ0n) is 17.8. The number of carbonyl (C=O) groups is 2. The molecule has 7 nitrogen and oxygen atoms in total. The van der Waals surface area contributed by atoms with Crippen LogP contribution in [0.2, 0.25) is 0 Å². The third-order valence-electron chi connectivity index (χ3n) is 5.57. The molecule has 2 heterocycles. The lowest BCUT2D eigenvalue weighted by atomic mass is 9.93. The smallest absolute Gasteiger partial charge is 0.224 e. The molecule has 1 unspecified atom stereocenters. The zero-order valence-corrected chi connectivity index (χ0v) is 17.8. The quantitative estimate of drug-likeness (QED) is 0.721. The minimum atomic E-state index is 0.00867. The topological polar surface area (TPSA) is 84.4 Å². The number of hydrogen-bond donors (Lipinski definition) is 1. The molecule has 1 N–H and O–H groups in total. The van der Waals surface area contributed by atoms with Gasteiger partial charge in [-0.2, -0.15) is 0 Å². The van der Waals surface area contributed by atoms with Crippen LogP contribution in [0.15, 0.2) is 36.8 Å². The monoisotopic (exact) mass is 410 g/mol. The van der Waals surface area contributed by atoms with Gasteiger partial charge >= 0.3 is 0 Å². The van der Waals surface area contributed by atoms with E-state index < -0.39 is 0 Å². The van der Waals surface area contributed by atoms with Gasteiger partial charge in [0, 0.05) is 50.2 Å². The Kier molecular flexibility index (Phi) is 7.76. The lowest BCUT2D eigenvalue weighted by Crippen LogP contribution is -2.40. The first-order valence-electron chi connectivity index (χ1n) is 10.5. The average molecular weight is 411 g/mol. The number of aryl methyl sites for hydroxylation is 2. The number of nitrogens with one attached hydrogen (secondary N) is 1. The van der Waals surface area contributed by atoms with Gasteiger partial charge in [0.2, 0.25) is 11.8 Å². The van der Waals surface area contributed by atoms with E-state index in [1.54, 1.807) is 25.7 Å². The Labute approximate surface area is 177 Å². The van der Waals surface area contributed by atoms with Gasteiger partial charge in [0.05, 0.1) is 12.8 Å². The molecule has 1 aromatic carbocycles. The largest absolute Gasteiger partial charge is 0.497 e. The maximum Gasteiger partial charge on any atom is 0.224 e. The highest BCUT2D eigenvalue weighted by Gasteiger charge is 2.24. The fourth-order valence-corrected chi connectivity index (χ4v) is 3.83. The molecule has 1 saturated heterocycles. The number of aromatic nitrogens is 2. The van der Waals surface area contributed by atoms with Crippen molar-refractivity contribution in [3.63, 3.8) is 0 Å². The summed E-state index contributed by atoms with van der Waals surface area (Å²) in [7, 11) is 1.63. The number of methoxy groups -OCH3 is 1. The third-order valence-corrected chi connectivity index (χ3v) is 5.57. The van der Waals surface area contributed by atoms with Gasteiger partial charge in [0.25, 0.3) is 0 Å². The minimum absolute atomic E-state index is 0.00867. The van der Waals surface area contributed by atoms with Gasteiger partial charge < -0.3 is 15.0 Å². The van der Waals surface area contributed by atoms with Crippen molar-refractivity contribution < 1.29 is 14.3 Å². The van der Waals surface area contributed by atoms with Crippen LogP contribution in [0.25, 0.3) is 0 Å². The van der Waals surface area contributed by atoms with Crippen molar-refractivity contribution in [2.45, 2.75) is 45.4 Å². The van der Waals surface area contributed by atoms with Gasteiger partial charge in [-0.3, -0.25) is 19.6 Å². The number of ether oxygens (including phenoxy) is 1. The molecule has 1 atom stereocenters. The molecule has 3 rings (SSSR count). The van der Waals surface area contributed by atoms with Crippen molar-refractivity contribution in [1.29, 1.82) is 0 Å². The summed E-state index contributed by atoms with van der Waals surface area (Å²) >= 11 is 0. The first-order chi connectivity index (χ1) is 14.5. The predicted octanol–water partition coefficient (Wildman–Crippen LogP) is 3.38. The molecule has 0 bridgehead atoms. The number of hydrogen-bond acceptors (Lipinski definition) is 5. The number of amides is 2. The number of piperidine rings is 1. The maximum atomic E-state index is 12.6. The Morgan fingerprint density at radius 3 is 2.87 bits per heavy atom. The Morgan fingerprint density at radius 1 is 1.27 bits per heavy atom. The molecular weight excluding hydrogens is 380 g/mol. The Morgan fingerprint density at radius 2 is 2.13 bits per heavy atom. The summed E-state index contributed by atoms with van der Waals surface area (Å²) in [6.07, 6.45) is 9.33. The highest BCUT2D eigenvalue weighted by Crippen LogP contribution is 2.24. The molecule has 1 fully saturated rings. The van der Waals surface area contributed by atoms with Crippen LogP contribution in [0.4, 0.5) is 5.69 Å². The zero-order chi connectivity index (χ0) is 21.3. The van der Waals surface area contributed by atoms with E-state index in [0.29, 0.717) is 25.2 Å². The molecule has 0 spiro atoms. The van der Waals surface area contributed by atoms with Crippen LogP contribution in [0.1, 0.15) is 43.4 Å². The number of benzene rings is 1.